The number of nitrogens with zero attached hydrogens (tertiary/aromatic N) is 1. The summed E-state index contributed by atoms with van der Waals surface area (Å²) in [4.78, 5) is 24.9. The standard InChI is InChI=1S/C24H29N3O5S/c1-2-32-22-10-4-3-9-21(22)26-24(29)18-8-6-14-27(16-18)33(30,31)19-12-13-20-17(15-19)7-5-11-23(28)25-20/h3-4,9-10,12-13,15,18H,2,5-8,11,14,16H2,1H3,(H,25,28)(H,26,29). The number of fused-ring (bicyclic) bond motifs is 1. The Balaban J connectivity index is 1.49. The summed E-state index contributed by atoms with van der Waals surface area (Å²) in [5.74, 6) is -0.138. The summed E-state index contributed by atoms with van der Waals surface area (Å²) < 4.78 is 33.7. The van der Waals surface area contributed by atoms with Crippen molar-refractivity contribution in [2.24, 2.45) is 5.92 Å². The van der Waals surface area contributed by atoms with Crippen LogP contribution < -0.4 is 15.4 Å². The second-order valence-electron chi connectivity index (χ2n) is 8.34. The summed E-state index contributed by atoms with van der Waals surface area (Å²) in [7, 11) is -3.76. The van der Waals surface area contributed by atoms with E-state index in [2.05, 4.69) is 10.6 Å². The number of para-hydroxylation sites is 2. The number of carbonyl (C=O) groups excluding carboxylic acids is 2. The van der Waals surface area contributed by atoms with Crippen LogP contribution in [-0.2, 0) is 26.0 Å². The van der Waals surface area contributed by atoms with Crippen molar-refractivity contribution in [1.29, 1.82) is 0 Å². The molecule has 2 aromatic rings. The van der Waals surface area contributed by atoms with E-state index in [0.29, 0.717) is 62.4 Å². The van der Waals surface area contributed by atoms with E-state index in [9.17, 15) is 18.0 Å². The molecule has 9 heteroatoms. The summed E-state index contributed by atoms with van der Waals surface area (Å²) in [5, 5.41) is 5.73. The van der Waals surface area contributed by atoms with Crippen LogP contribution in [0.3, 0.4) is 0 Å². The van der Waals surface area contributed by atoms with Crippen molar-refractivity contribution < 1.29 is 22.7 Å². The van der Waals surface area contributed by atoms with Crippen molar-refractivity contribution in [3.8, 4) is 5.75 Å². The van der Waals surface area contributed by atoms with Gasteiger partial charge in [-0.05, 0) is 68.5 Å². The minimum Gasteiger partial charge on any atom is -0.492 e. The van der Waals surface area contributed by atoms with Crippen molar-refractivity contribution in [2.45, 2.75) is 43.9 Å². The molecule has 0 radical (unpaired) electrons. The molecule has 2 N–H and O–H groups in total. The lowest BCUT2D eigenvalue weighted by Crippen LogP contribution is -2.43. The molecule has 2 aliphatic heterocycles. The fourth-order valence-electron chi connectivity index (χ4n) is 4.32. The monoisotopic (exact) mass is 471 g/mol. The molecule has 1 unspecified atom stereocenters. The Labute approximate surface area is 194 Å². The van der Waals surface area contributed by atoms with Gasteiger partial charge in [-0.3, -0.25) is 9.59 Å². The highest BCUT2D eigenvalue weighted by Crippen LogP contribution is 2.30. The number of anilines is 2. The van der Waals surface area contributed by atoms with E-state index in [1.807, 2.05) is 19.1 Å². The normalized spacial score (nSPS) is 19.2. The Morgan fingerprint density at radius 2 is 2.00 bits per heavy atom. The maximum Gasteiger partial charge on any atom is 0.243 e. The van der Waals surface area contributed by atoms with Gasteiger partial charge in [-0.25, -0.2) is 8.42 Å². The third kappa shape index (κ3) is 5.20. The molecule has 33 heavy (non-hydrogen) atoms. The van der Waals surface area contributed by atoms with Crippen LogP contribution in [0.4, 0.5) is 11.4 Å². The van der Waals surface area contributed by atoms with Gasteiger partial charge in [-0.15, -0.1) is 0 Å². The molecule has 4 rings (SSSR count). The Kier molecular flexibility index (Phi) is 6.99. The van der Waals surface area contributed by atoms with Crippen LogP contribution in [0.5, 0.6) is 5.75 Å². The number of sulfonamides is 1. The SMILES string of the molecule is CCOc1ccccc1NC(=O)C1CCCN(S(=O)(=O)c2ccc3c(c2)CCCC(=O)N3)C1. The fourth-order valence-corrected chi connectivity index (χ4v) is 5.90. The number of aryl methyl sites for hydroxylation is 1. The van der Waals surface area contributed by atoms with E-state index in [1.54, 1.807) is 24.3 Å². The van der Waals surface area contributed by atoms with Crippen LogP contribution >= 0.6 is 0 Å². The Morgan fingerprint density at radius 1 is 1.18 bits per heavy atom. The number of rotatable bonds is 6. The molecular weight excluding hydrogens is 442 g/mol. The molecule has 1 atom stereocenters. The van der Waals surface area contributed by atoms with Gasteiger partial charge in [0.25, 0.3) is 0 Å². The van der Waals surface area contributed by atoms with Crippen LogP contribution in [-0.4, -0.2) is 44.2 Å². The molecule has 2 amide bonds. The third-order valence-corrected chi connectivity index (χ3v) is 7.90. The molecule has 1 fully saturated rings. The van der Waals surface area contributed by atoms with E-state index in [0.717, 1.165) is 5.56 Å². The highest BCUT2D eigenvalue weighted by Gasteiger charge is 2.34. The maximum absolute atomic E-state index is 13.4. The number of benzene rings is 2. The molecule has 0 bridgehead atoms. The topological polar surface area (TPSA) is 105 Å². The highest BCUT2D eigenvalue weighted by atomic mass is 32.2. The summed E-state index contributed by atoms with van der Waals surface area (Å²) in [6.07, 6.45) is 2.96. The number of piperidine rings is 1. The zero-order valence-electron chi connectivity index (χ0n) is 18.7. The van der Waals surface area contributed by atoms with Gasteiger partial charge in [-0.2, -0.15) is 4.31 Å². The Morgan fingerprint density at radius 3 is 2.82 bits per heavy atom. The molecule has 2 heterocycles. The van der Waals surface area contributed by atoms with E-state index >= 15 is 0 Å². The second-order valence-corrected chi connectivity index (χ2v) is 10.3. The first kappa shape index (κ1) is 23.3. The molecule has 0 aliphatic carbocycles. The zero-order valence-corrected chi connectivity index (χ0v) is 19.5. The minimum atomic E-state index is -3.76. The zero-order chi connectivity index (χ0) is 23.4. The third-order valence-electron chi connectivity index (χ3n) is 6.04. The van der Waals surface area contributed by atoms with E-state index in [4.69, 9.17) is 4.74 Å². The number of ether oxygens (including phenoxy) is 1. The van der Waals surface area contributed by atoms with Crippen molar-refractivity contribution in [2.75, 3.05) is 30.3 Å². The predicted octanol–water partition coefficient (Wildman–Crippen LogP) is 3.40. The predicted molar refractivity (Wildman–Crippen MR) is 126 cm³/mol. The van der Waals surface area contributed by atoms with Crippen molar-refractivity contribution in [3.05, 3.63) is 48.0 Å². The van der Waals surface area contributed by atoms with Crippen molar-refractivity contribution >= 4 is 33.2 Å². The molecule has 176 valence electrons. The molecule has 1 saturated heterocycles. The first-order valence-electron chi connectivity index (χ1n) is 11.3. The number of hydrogen-bond acceptors (Lipinski definition) is 5. The van der Waals surface area contributed by atoms with Crippen molar-refractivity contribution in [1.82, 2.24) is 4.31 Å². The lowest BCUT2D eigenvalue weighted by atomic mass is 9.98. The lowest BCUT2D eigenvalue weighted by molar-refractivity contribution is -0.121. The first-order valence-corrected chi connectivity index (χ1v) is 12.8. The molecule has 0 aromatic heterocycles. The average molecular weight is 472 g/mol. The first-order chi connectivity index (χ1) is 15.9. The second kappa shape index (κ2) is 9.93. The van der Waals surface area contributed by atoms with Crippen LogP contribution in [0.1, 0.15) is 38.2 Å². The van der Waals surface area contributed by atoms with Crippen LogP contribution in [0.25, 0.3) is 0 Å². The van der Waals surface area contributed by atoms with Crippen LogP contribution in [0, 0.1) is 5.92 Å². The number of amides is 2. The highest BCUT2D eigenvalue weighted by molar-refractivity contribution is 7.89. The number of carbonyl (C=O) groups is 2. The molecule has 2 aromatic carbocycles. The number of nitrogens with one attached hydrogen (secondary N) is 2. The van der Waals surface area contributed by atoms with Crippen LogP contribution in [0.15, 0.2) is 47.4 Å². The minimum absolute atomic E-state index is 0.0554. The van der Waals surface area contributed by atoms with Gasteiger partial charge < -0.3 is 15.4 Å². The summed E-state index contributed by atoms with van der Waals surface area (Å²) in [6, 6.07) is 12.1. The van der Waals surface area contributed by atoms with Gasteiger partial charge in [-0.1, -0.05) is 12.1 Å². The van der Waals surface area contributed by atoms with E-state index in [-0.39, 0.29) is 23.3 Å². The van der Waals surface area contributed by atoms with Crippen LogP contribution in [0.2, 0.25) is 0 Å². The lowest BCUT2D eigenvalue weighted by Gasteiger charge is -2.31. The quantitative estimate of drug-likeness (QED) is 0.672. The van der Waals surface area contributed by atoms with Gasteiger partial charge in [0.05, 0.1) is 23.1 Å². The molecular formula is C24H29N3O5S. The summed E-state index contributed by atoms with van der Waals surface area (Å²) in [5.41, 5.74) is 2.07. The summed E-state index contributed by atoms with van der Waals surface area (Å²) >= 11 is 0. The summed E-state index contributed by atoms with van der Waals surface area (Å²) in [6.45, 7) is 2.85. The van der Waals surface area contributed by atoms with E-state index in [1.165, 1.54) is 10.4 Å². The smallest absolute Gasteiger partial charge is 0.243 e. The van der Waals surface area contributed by atoms with Gasteiger partial charge in [0.15, 0.2) is 0 Å². The Hall–Kier alpha value is -2.91. The largest absolute Gasteiger partial charge is 0.492 e. The average Bonchev–Trinajstić information content (AvgIpc) is 3.00. The molecule has 8 nitrogen and oxygen atoms in total. The van der Waals surface area contributed by atoms with Gasteiger partial charge in [0.1, 0.15) is 5.75 Å². The number of hydrogen-bond donors (Lipinski definition) is 2. The van der Waals surface area contributed by atoms with Gasteiger partial charge >= 0.3 is 0 Å². The molecule has 0 spiro atoms. The fraction of sp³-hybridized carbons (Fsp3) is 0.417. The van der Waals surface area contributed by atoms with Gasteiger partial charge in [0.2, 0.25) is 21.8 Å². The van der Waals surface area contributed by atoms with Gasteiger partial charge in [0, 0.05) is 25.2 Å². The van der Waals surface area contributed by atoms with Crippen molar-refractivity contribution in [3.63, 3.8) is 0 Å². The van der Waals surface area contributed by atoms with E-state index < -0.39 is 15.9 Å². The molecule has 0 saturated carbocycles. The Bertz CT molecular complexity index is 1150. The molecule has 2 aliphatic rings. The maximum atomic E-state index is 13.4.